The first-order chi connectivity index (χ1) is 14.3. The van der Waals surface area contributed by atoms with E-state index in [2.05, 4.69) is 50.5 Å². The fourth-order valence-electron chi connectivity index (χ4n) is 1.73. The minimum atomic E-state index is -2.65. The van der Waals surface area contributed by atoms with E-state index in [4.69, 9.17) is 18.9 Å². The van der Waals surface area contributed by atoms with Gasteiger partial charge in [-0.15, -0.1) is 0 Å². The third-order valence-electron chi connectivity index (χ3n) is 4.07. The van der Waals surface area contributed by atoms with Crippen LogP contribution < -0.4 is 0 Å². The Morgan fingerprint density at radius 2 is 0.758 bits per heavy atom. The summed E-state index contributed by atoms with van der Waals surface area (Å²) in [5.41, 5.74) is -1.60. The normalized spacial score (nSPS) is 13.8. The molecule has 0 aromatic carbocycles. The second kappa shape index (κ2) is 10.5. The molecular formula is C21H36O8S4. The van der Waals surface area contributed by atoms with E-state index in [1.165, 1.54) is 69.2 Å². The third kappa shape index (κ3) is 9.45. The number of thiol groups is 4. The van der Waals surface area contributed by atoms with E-state index in [0.717, 1.165) is 0 Å². The smallest absolute Gasteiger partial charge is 0.432 e. The van der Waals surface area contributed by atoms with E-state index in [1.807, 2.05) is 0 Å². The van der Waals surface area contributed by atoms with Crippen LogP contribution in [0.2, 0.25) is 0 Å². The highest BCUT2D eigenvalue weighted by atomic mass is 32.1. The standard InChI is InChI=1S/C21H36O8S4/c1-16(2,11-26-12(22)17(3,4)30)21(27-13(23)18(5,6)31,28-14(24)19(7,8)32)29-15(25)20(9,10)33/h30-33H,11H2,1-10H3. The second-order valence-corrected chi connectivity index (χ2v) is 14.9. The highest BCUT2D eigenvalue weighted by molar-refractivity contribution is 7.83. The zero-order valence-electron chi connectivity index (χ0n) is 20.8. The fraction of sp³-hybridized carbons (Fsp3) is 0.810. The van der Waals surface area contributed by atoms with Crippen LogP contribution in [0.3, 0.4) is 0 Å². The van der Waals surface area contributed by atoms with Crippen molar-refractivity contribution in [2.45, 2.75) is 94.2 Å². The summed E-state index contributed by atoms with van der Waals surface area (Å²) in [6.45, 7) is 14.1. The summed E-state index contributed by atoms with van der Waals surface area (Å²) in [5, 5.41) is 0. The van der Waals surface area contributed by atoms with E-state index >= 15 is 0 Å². The van der Waals surface area contributed by atoms with Gasteiger partial charge in [0.05, 0.1) is 0 Å². The number of esters is 4. The molecule has 0 aromatic rings. The second-order valence-electron chi connectivity index (χ2n) is 10.4. The molecule has 0 aliphatic heterocycles. The Hall–Kier alpha value is -0.720. The maximum atomic E-state index is 12.8. The van der Waals surface area contributed by atoms with Crippen molar-refractivity contribution in [3.8, 4) is 0 Å². The molecule has 12 heteroatoms. The van der Waals surface area contributed by atoms with Gasteiger partial charge in [0.15, 0.2) is 0 Å². The van der Waals surface area contributed by atoms with Crippen molar-refractivity contribution in [3.63, 3.8) is 0 Å². The molecule has 0 fully saturated rings. The van der Waals surface area contributed by atoms with Crippen LogP contribution in [-0.2, 0) is 38.1 Å². The lowest BCUT2D eigenvalue weighted by Crippen LogP contribution is -2.60. The predicted octanol–water partition coefficient (Wildman–Crippen LogP) is 3.67. The molecule has 0 rings (SSSR count). The number of hydrogen-bond donors (Lipinski definition) is 4. The van der Waals surface area contributed by atoms with Gasteiger partial charge in [-0.2, -0.15) is 50.5 Å². The van der Waals surface area contributed by atoms with Gasteiger partial charge in [0, 0.05) is 0 Å². The van der Waals surface area contributed by atoms with E-state index in [1.54, 1.807) is 0 Å². The largest absolute Gasteiger partial charge is 0.464 e. The lowest BCUT2D eigenvalue weighted by atomic mass is 9.90. The summed E-state index contributed by atoms with van der Waals surface area (Å²) in [6.07, 6.45) is 0. The summed E-state index contributed by atoms with van der Waals surface area (Å²) in [7, 11) is 0. The summed E-state index contributed by atoms with van der Waals surface area (Å²) in [5.74, 6) is -6.24. The van der Waals surface area contributed by atoms with E-state index in [9.17, 15) is 19.2 Å². The fourth-order valence-corrected chi connectivity index (χ4v) is 1.93. The molecule has 0 N–H and O–H groups in total. The number of hydrogen-bond acceptors (Lipinski definition) is 12. The molecule has 0 saturated heterocycles. The topological polar surface area (TPSA) is 105 Å². The lowest BCUT2D eigenvalue weighted by molar-refractivity contribution is -0.379. The molecule has 0 radical (unpaired) electrons. The average molecular weight is 545 g/mol. The molecule has 0 aliphatic carbocycles. The molecule has 0 unspecified atom stereocenters. The molecule has 0 aliphatic rings. The first-order valence-electron chi connectivity index (χ1n) is 10.0. The summed E-state index contributed by atoms with van der Waals surface area (Å²) in [4.78, 5) is 50.9. The van der Waals surface area contributed by atoms with Gasteiger partial charge in [-0.25, -0.2) is 0 Å². The Balaban J connectivity index is 6.71. The maximum Gasteiger partial charge on any atom is 0.432 e. The number of carbonyl (C=O) groups excluding carboxylic acids is 4. The molecule has 0 bridgehead atoms. The van der Waals surface area contributed by atoms with Gasteiger partial charge < -0.3 is 18.9 Å². The molecule has 0 spiro atoms. The summed E-state index contributed by atoms with van der Waals surface area (Å²) < 4.78 is 16.7. The van der Waals surface area contributed by atoms with Crippen molar-refractivity contribution in [1.82, 2.24) is 0 Å². The van der Waals surface area contributed by atoms with Crippen LogP contribution >= 0.6 is 50.5 Å². The van der Waals surface area contributed by atoms with Crippen molar-refractivity contribution < 1.29 is 38.1 Å². The zero-order chi connectivity index (χ0) is 26.8. The van der Waals surface area contributed by atoms with Crippen molar-refractivity contribution in [1.29, 1.82) is 0 Å². The van der Waals surface area contributed by atoms with Gasteiger partial charge in [0.25, 0.3) is 0 Å². The molecule has 0 heterocycles. The molecule has 0 aromatic heterocycles. The molecule has 33 heavy (non-hydrogen) atoms. The Kier molecular flexibility index (Phi) is 10.3. The van der Waals surface area contributed by atoms with Crippen LogP contribution in [0.5, 0.6) is 0 Å². The predicted molar refractivity (Wildman–Crippen MR) is 138 cm³/mol. The molecular weight excluding hydrogens is 508 g/mol. The van der Waals surface area contributed by atoms with Gasteiger partial charge in [-0.3, -0.25) is 19.2 Å². The number of ether oxygens (including phenoxy) is 4. The van der Waals surface area contributed by atoms with E-state index < -0.39 is 60.9 Å². The number of rotatable bonds is 10. The minimum Gasteiger partial charge on any atom is -0.464 e. The quantitative estimate of drug-likeness (QED) is 0.188. The SMILES string of the molecule is CC(C)(S)C(=O)OCC(C)(C)C(OC(=O)C(C)(C)S)(OC(=O)C(C)(C)S)OC(=O)C(C)(C)S. The van der Waals surface area contributed by atoms with Crippen LogP contribution in [0.25, 0.3) is 0 Å². The Labute approximate surface area is 218 Å². The van der Waals surface area contributed by atoms with Gasteiger partial charge in [0.1, 0.15) is 31.0 Å². The highest BCUT2D eigenvalue weighted by Crippen LogP contribution is 2.41. The van der Waals surface area contributed by atoms with Crippen LogP contribution in [0, 0.1) is 5.41 Å². The van der Waals surface area contributed by atoms with Crippen molar-refractivity contribution in [2.24, 2.45) is 5.41 Å². The van der Waals surface area contributed by atoms with Crippen LogP contribution in [0.4, 0.5) is 0 Å². The Morgan fingerprint density at radius 3 is 0.970 bits per heavy atom. The Morgan fingerprint density at radius 1 is 0.515 bits per heavy atom. The monoisotopic (exact) mass is 544 g/mol. The summed E-state index contributed by atoms with van der Waals surface area (Å²) in [6, 6.07) is 0. The Bertz CT molecular complexity index is 696. The molecule has 0 amide bonds. The maximum absolute atomic E-state index is 12.8. The van der Waals surface area contributed by atoms with Crippen molar-refractivity contribution in [3.05, 3.63) is 0 Å². The molecule has 0 atom stereocenters. The first kappa shape index (κ1) is 32.3. The van der Waals surface area contributed by atoms with Gasteiger partial charge in [-0.1, -0.05) is 0 Å². The van der Waals surface area contributed by atoms with Crippen LogP contribution in [0.1, 0.15) is 69.2 Å². The van der Waals surface area contributed by atoms with Crippen molar-refractivity contribution >= 4 is 74.4 Å². The van der Waals surface area contributed by atoms with E-state index in [-0.39, 0.29) is 0 Å². The molecule has 0 saturated carbocycles. The molecule has 192 valence electrons. The van der Waals surface area contributed by atoms with Crippen LogP contribution in [0.15, 0.2) is 0 Å². The lowest BCUT2D eigenvalue weighted by Gasteiger charge is -2.44. The number of carbonyl (C=O) groups is 4. The van der Waals surface area contributed by atoms with Crippen molar-refractivity contribution in [2.75, 3.05) is 6.61 Å². The van der Waals surface area contributed by atoms with Gasteiger partial charge >= 0.3 is 29.9 Å². The molecule has 8 nitrogen and oxygen atoms in total. The third-order valence-corrected chi connectivity index (χ3v) is 4.80. The minimum absolute atomic E-state index is 0.476. The van der Waals surface area contributed by atoms with Gasteiger partial charge in [-0.05, 0) is 69.2 Å². The van der Waals surface area contributed by atoms with Gasteiger partial charge in [0.2, 0.25) is 0 Å². The average Bonchev–Trinajstić information content (AvgIpc) is 2.55. The first-order valence-corrected chi connectivity index (χ1v) is 11.8. The van der Waals surface area contributed by atoms with E-state index in [0.29, 0.717) is 0 Å². The highest BCUT2D eigenvalue weighted by Gasteiger charge is 2.60. The van der Waals surface area contributed by atoms with Crippen LogP contribution in [-0.4, -0.2) is 55.4 Å². The summed E-state index contributed by atoms with van der Waals surface area (Å²) >= 11 is 16.8. The zero-order valence-corrected chi connectivity index (χ0v) is 24.3.